The Labute approximate surface area is 168 Å². The summed E-state index contributed by atoms with van der Waals surface area (Å²) in [4.78, 5) is 22.7. The minimum Gasteiger partial charge on any atom is -0.453 e. The molecule has 0 amide bonds. The summed E-state index contributed by atoms with van der Waals surface area (Å²) in [5.74, 6) is 0.812. The van der Waals surface area contributed by atoms with Crippen LogP contribution < -0.4 is 14.4 Å². The minimum atomic E-state index is -0.480. The Morgan fingerprint density at radius 1 is 1.31 bits per heavy atom. The Morgan fingerprint density at radius 2 is 2.14 bits per heavy atom. The Balaban J connectivity index is 1.69. The first-order valence-electron chi connectivity index (χ1n) is 9.84. The second-order valence-corrected chi connectivity index (χ2v) is 7.28. The Kier molecular flexibility index (Phi) is 5.89. The van der Waals surface area contributed by atoms with Gasteiger partial charge < -0.3 is 23.9 Å². The van der Waals surface area contributed by atoms with Gasteiger partial charge in [0.2, 0.25) is 12.5 Å². The number of hydrogen-bond donors (Lipinski definition) is 0. The maximum absolute atomic E-state index is 14.5. The number of benzene rings is 1. The number of methoxy groups -OCH3 is 1. The lowest BCUT2D eigenvalue weighted by Crippen LogP contribution is -2.35. The number of aldehydes is 1. The third-order valence-corrected chi connectivity index (χ3v) is 5.32. The highest BCUT2D eigenvalue weighted by atomic mass is 19.1. The van der Waals surface area contributed by atoms with Crippen LogP contribution in [-0.2, 0) is 16.0 Å². The van der Waals surface area contributed by atoms with Gasteiger partial charge in [0, 0.05) is 44.5 Å². The number of hydrogen-bond acceptors (Lipinski definition) is 7. The molecule has 0 aliphatic carbocycles. The molecular formula is C21H24FN3O4. The standard InChI is InChI=1S/C21H24FN3O4/c1-27-8-2-3-16-11-23-19(15-9-17(22)20-18(10-15)28-13-29-20)21(24-16)25-6-4-14(12-26)5-7-25/h9-12,14H,2-8,13H2,1H3. The molecule has 1 saturated heterocycles. The highest BCUT2D eigenvalue weighted by molar-refractivity contribution is 5.75. The number of piperidine rings is 1. The number of halogens is 1. The highest BCUT2D eigenvalue weighted by Gasteiger charge is 2.26. The lowest BCUT2D eigenvalue weighted by molar-refractivity contribution is -0.111. The maximum Gasteiger partial charge on any atom is 0.231 e. The quantitative estimate of drug-likeness (QED) is 0.522. The van der Waals surface area contributed by atoms with Crippen LogP contribution in [0.3, 0.4) is 0 Å². The molecule has 1 aromatic heterocycles. The topological polar surface area (TPSA) is 73.8 Å². The van der Waals surface area contributed by atoms with Gasteiger partial charge in [0.05, 0.1) is 5.69 Å². The molecule has 0 radical (unpaired) electrons. The van der Waals surface area contributed by atoms with Crippen LogP contribution in [0.15, 0.2) is 18.3 Å². The van der Waals surface area contributed by atoms with E-state index in [4.69, 9.17) is 19.2 Å². The second kappa shape index (κ2) is 8.73. The van der Waals surface area contributed by atoms with Crippen LogP contribution in [0.25, 0.3) is 11.3 Å². The molecule has 7 nitrogen and oxygen atoms in total. The van der Waals surface area contributed by atoms with Crippen molar-refractivity contribution in [1.82, 2.24) is 9.97 Å². The normalized spacial score (nSPS) is 16.3. The minimum absolute atomic E-state index is 0.00584. The van der Waals surface area contributed by atoms with Gasteiger partial charge in [0.1, 0.15) is 12.0 Å². The molecule has 1 aromatic carbocycles. The lowest BCUT2D eigenvalue weighted by atomic mass is 9.98. The van der Waals surface area contributed by atoms with Gasteiger partial charge in [-0.25, -0.2) is 9.37 Å². The van der Waals surface area contributed by atoms with Gasteiger partial charge in [-0.3, -0.25) is 4.98 Å². The number of nitrogens with zero attached hydrogens (tertiary/aromatic N) is 3. The zero-order chi connectivity index (χ0) is 20.2. The molecule has 154 valence electrons. The zero-order valence-electron chi connectivity index (χ0n) is 16.4. The number of carbonyl (C=O) groups is 1. The molecule has 8 heteroatoms. The number of carbonyl (C=O) groups excluding carboxylic acids is 1. The molecule has 1 fully saturated rings. The first kappa shape index (κ1) is 19.6. The first-order valence-corrected chi connectivity index (χ1v) is 9.84. The maximum atomic E-state index is 14.5. The number of anilines is 1. The number of aryl methyl sites for hydroxylation is 1. The first-order chi connectivity index (χ1) is 14.2. The lowest BCUT2D eigenvalue weighted by Gasteiger charge is -2.32. The van der Waals surface area contributed by atoms with Crippen molar-refractivity contribution in [3.8, 4) is 22.8 Å². The number of aromatic nitrogens is 2. The van der Waals surface area contributed by atoms with Gasteiger partial charge in [0.15, 0.2) is 17.4 Å². The fourth-order valence-electron chi connectivity index (χ4n) is 3.71. The van der Waals surface area contributed by atoms with Gasteiger partial charge >= 0.3 is 0 Å². The third kappa shape index (κ3) is 4.17. The van der Waals surface area contributed by atoms with Crippen LogP contribution in [0.5, 0.6) is 11.5 Å². The molecule has 0 N–H and O–H groups in total. The molecular weight excluding hydrogens is 377 g/mol. The van der Waals surface area contributed by atoms with Crippen LogP contribution in [-0.4, -0.2) is 49.9 Å². The van der Waals surface area contributed by atoms with Crippen molar-refractivity contribution in [2.75, 3.05) is 38.5 Å². The fourth-order valence-corrected chi connectivity index (χ4v) is 3.71. The van der Waals surface area contributed by atoms with E-state index >= 15 is 0 Å². The SMILES string of the molecule is COCCCc1cnc(-c2cc(F)c3c(c2)OCO3)c(N2CCC(C=O)CC2)n1. The molecule has 0 spiro atoms. The van der Waals surface area contributed by atoms with Crippen molar-refractivity contribution in [3.63, 3.8) is 0 Å². The molecule has 4 rings (SSSR count). The van der Waals surface area contributed by atoms with Crippen molar-refractivity contribution in [2.45, 2.75) is 25.7 Å². The van der Waals surface area contributed by atoms with Crippen molar-refractivity contribution < 1.29 is 23.4 Å². The van der Waals surface area contributed by atoms with Gasteiger partial charge in [-0.15, -0.1) is 0 Å². The highest BCUT2D eigenvalue weighted by Crippen LogP contribution is 2.40. The summed E-state index contributed by atoms with van der Waals surface area (Å²) < 4.78 is 30.1. The molecule has 0 unspecified atom stereocenters. The van der Waals surface area contributed by atoms with Crippen molar-refractivity contribution in [1.29, 1.82) is 0 Å². The number of fused-ring (bicyclic) bond motifs is 1. The molecule has 0 bridgehead atoms. The summed E-state index contributed by atoms with van der Waals surface area (Å²) in [6.45, 7) is 2.07. The third-order valence-electron chi connectivity index (χ3n) is 5.32. The summed E-state index contributed by atoms with van der Waals surface area (Å²) in [7, 11) is 1.67. The van der Waals surface area contributed by atoms with Crippen molar-refractivity contribution >= 4 is 12.1 Å². The van der Waals surface area contributed by atoms with Crippen LogP contribution in [0, 0.1) is 11.7 Å². The predicted octanol–water partition coefficient (Wildman–Crippen LogP) is 3.01. The van der Waals surface area contributed by atoms with E-state index < -0.39 is 5.82 Å². The summed E-state index contributed by atoms with van der Waals surface area (Å²) in [6, 6.07) is 3.14. The zero-order valence-corrected chi connectivity index (χ0v) is 16.4. The van der Waals surface area contributed by atoms with E-state index in [9.17, 15) is 9.18 Å². The molecule has 2 aliphatic rings. The van der Waals surface area contributed by atoms with Crippen LogP contribution in [0.2, 0.25) is 0 Å². The smallest absolute Gasteiger partial charge is 0.231 e. The van der Waals surface area contributed by atoms with E-state index in [1.807, 2.05) is 0 Å². The van der Waals surface area contributed by atoms with Gasteiger partial charge in [-0.2, -0.15) is 0 Å². The Bertz CT molecular complexity index is 884. The van der Waals surface area contributed by atoms with Gasteiger partial charge in [-0.1, -0.05) is 0 Å². The molecule has 0 atom stereocenters. The molecule has 2 aliphatic heterocycles. The summed E-state index contributed by atoms with van der Waals surface area (Å²) in [6.07, 6.45) is 5.89. The van der Waals surface area contributed by atoms with Crippen LogP contribution in [0.1, 0.15) is 25.0 Å². The van der Waals surface area contributed by atoms with E-state index in [-0.39, 0.29) is 18.5 Å². The van der Waals surface area contributed by atoms with E-state index in [1.165, 1.54) is 6.07 Å². The second-order valence-electron chi connectivity index (χ2n) is 7.28. The fraction of sp³-hybridized carbons (Fsp3) is 0.476. The number of ether oxygens (including phenoxy) is 3. The van der Waals surface area contributed by atoms with Gasteiger partial charge in [-0.05, 0) is 37.8 Å². The van der Waals surface area contributed by atoms with E-state index in [0.29, 0.717) is 42.5 Å². The monoisotopic (exact) mass is 401 g/mol. The summed E-state index contributed by atoms with van der Waals surface area (Å²) in [5.41, 5.74) is 2.05. The molecule has 0 saturated carbocycles. The van der Waals surface area contributed by atoms with Crippen molar-refractivity contribution in [2.24, 2.45) is 5.92 Å². The molecule has 29 heavy (non-hydrogen) atoms. The average molecular weight is 401 g/mol. The Hall–Kier alpha value is -2.74. The predicted molar refractivity (Wildman–Crippen MR) is 105 cm³/mol. The molecule has 3 heterocycles. The molecule has 2 aromatic rings. The number of rotatable bonds is 7. The van der Waals surface area contributed by atoms with E-state index in [1.54, 1.807) is 19.4 Å². The van der Waals surface area contributed by atoms with Gasteiger partial charge in [0.25, 0.3) is 0 Å². The van der Waals surface area contributed by atoms with Crippen LogP contribution >= 0.6 is 0 Å². The Morgan fingerprint density at radius 3 is 2.90 bits per heavy atom. The van der Waals surface area contributed by atoms with Crippen LogP contribution in [0.4, 0.5) is 10.2 Å². The van der Waals surface area contributed by atoms with E-state index in [0.717, 1.165) is 37.7 Å². The summed E-state index contributed by atoms with van der Waals surface area (Å²) >= 11 is 0. The average Bonchev–Trinajstić information content (AvgIpc) is 3.23. The van der Waals surface area contributed by atoms with Crippen molar-refractivity contribution in [3.05, 3.63) is 29.8 Å². The summed E-state index contributed by atoms with van der Waals surface area (Å²) in [5, 5.41) is 0. The van der Waals surface area contributed by atoms with E-state index in [2.05, 4.69) is 9.88 Å². The largest absolute Gasteiger partial charge is 0.453 e.